The zero-order valence-electron chi connectivity index (χ0n) is 31.2. The second kappa shape index (κ2) is 15.7. The summed E-state index contributed by atoms with van der Waals surface area (Å²) in [4.78, 5) is 10.4. The molecule has 0 bridgehead atoms. The summed E-state index contributed by atoms with van der Waals surface area (Å²) in [5.74, 6) is 1.04. The Kier molecular flexibility index (Phi) is 9.97. The van der Waals surface area contributed by atoms with Gasteiger partial charge in [0.1, 0.15) is 11.6 Å². The molecule has 0 spiro atoms. The van der Waals surface area contributed by atoms with Crippen molar-refractivity contribution < 1.29 is 26.2 Å². The van der Waals surface area contributed by atoms with E-state index in [4.69, 9.17) is 9.97 Å². The van der Waals surface area contributed by atoms with Crippen LogP contribution in [-0.2, 0) is 33.9 Å². The van der Waals surface area contributed by atoms with E-state index in [0.717, 1.165) is 109 Å². The number of phenols is 1. The van der Waals surface area contributed by atoms with Crippen LogP contribution < -0.4 is 0 Å². The molecule has 57 heavy (non-hydrogen) atoms. The van der Waals surface area contributed by atoms with Gasteiger partial charge in [-0.05, 0) is 83.3 Å². The van der Waals surface area contributed by atoms with Gasteiger partial charge in [-0.1, -0.05) is 150 Å². The summed E-state index contributed by atoms with van der Waals surface area (Å²) in [7, 11) is 0. The standard InChI is InChI=1S/C52H38N3O.Pt/c56-51-45-23-11-10-21-38(45)27-28-46(51)52-54-50-44(24-14-26-49(50)55(52)48-25-13-12-22-43(48)37-19-8-3-9-20-37)41-31-40(36-17-6-2-7-18-36)32-42(33-41)47-34-39(29-30-53-47)35-15-4-1-5-16-35;/h1-9,12-20,22,24-32,34,56H,10-11,21,23H2;/q-1;. The third kappa shape index (κ3) is 6.81. The first-order chi connectivity index (χ1) is 27.7. The number of aromatic nitrogens is 3. The molecular weight excluding hydrogens is 878 g/mol. The minimum atomic E-state index is 0. The Morgan fingerprint density at radius 2 is 1.18 bits per heavy atom. The molecule has 4 nitrogen and oxygen atoms in total. The second-order valence-electron chi connectivity index (χ2n) is 14.5. The molecule has 0 radical (unpaired) electrons. The molecule has 0 fully saturated rings. The van der Waals surface area contributed by atoms with Crippen LogP contribution in [0.5, 0.6) is 5.75 Å². The van der Waals surface area contributed by atoms with E-state index in [1.807, 2.05) is 24.4 Å². The van der Waals surface area contributed by atoms with Crippen LogP contribution in [-0.4, -0.2) is 19.6 Å². The molecular formula is C52H38N3OPt-. The van der Waals surface area contributed by atoms with E-state index in [0.29, 0.717) is 11.6 Å². The fourth-order valence-electron chi connectivity index (χ4n) is 8.30. The number of aromatic hydroxyl groups is 1. The van der Waals surface area contributed by atoms with Crippen molar-refractivity contribution in [2.24, 2.45) is 0 Å². The Morgan fingerprint density at radius 3 is 1.95 bits per heavy atom. The normalized spacial score (nSPS) is 12.2. The van der Waals surface area contributed by atoms with Crippen molar-refractivity contribution in [3.8, 4) is 78.6 Å². The molecule has 1 aliphatic rings. The molecule has 0 aliphatic heterocycles. The summed E-state index contributed by atoms with van der Waals surface area (Å²) >= 11 is 0. The quantitative estimate of drug-likeness (QED) is 0.162. The Balaban J connectivity index is 0.00000422. The monoisotopic (exact) mass is 915 g/mol. The van der Waals surface area contributed by atoms with Crippen molar-refractivity contribution in [3.05, 3.63) is 193 Å². The molecule has 0 saturated carbocycles. The minimum Gasteiger partial charge on any atom is -0.507 e. The van der Waals surface area contributed by atoms with Crippen LogP contribution in [0.3, 0.4) is 0 Å². The Bertz CT molecular complexity index is 2870. The molecule has 10 rings (SSSR count). The van der Waals surface area contributed by atoms with E-state index in [1.165, 1.54) is 5.56 Å². The van der Waals surface area contributed by atoms with E-state index in [2.05, 4.69) is 162 Å². The molecule has 0 unspecified atom stereocenters. The van der Waals surface area contributed by atoms with Gasteiger partial charge in [-0.2, -0.15) is 0 Å². The average Bonchev–Trinajstić information content (AvgIpc) is 3.67. The third-order valence-electron chi connectivity index (χ3n) is 11.1. The molecule has 7 aromatic carbocycles. The van der Waals surface area contributed by atoms with Gasteiger partial charge >= 0.3 is 0 Å². The molecule has 9 aromatic rings. The molecule has 1 aliphatic carbocycles. The van der Waals surface area contributed by atoms with Gasteiger partial charge in [0.2, 0.25) is 0 Å². The van der Waals surface area contributed by atoms with E-state index in [-0.39, 0.29) is 21.1 Å². The van der Waals surface area contributed by atoms with Crippen molar-refractivity contribution in [1.82, 2.24) is 14.5 Å². The van der Waals surface area contributed by atoms with Gasteiger partial charge < -0.3 is 5.11 Å². The zero-order valence-corrected chi connectivity index (χ0v) is 33.4. The number of phenolic OH excluding ortho intramolecular Hbond substituents is 1. The molecule has 0 amide bonds. The summed E-state index contributed by atoms with van der Waals surface area (Å²) in [6, 6.07) is 62.9. The molecule has 2 aromatic heterocycles. The number of imidazole rings is 1. The Labute approximate surface area is 347 Å². The molecule has 0 saturated heterocycles. The maximum absolute atomic E-state index is 12.0. The van der Waals surface area contributed by atoms with Gasteiger partial charge in [-0.15, -0.1) is 23.8 Å². The van der Waals surface area contributed by atoms with Crippen LogP contribution in [0.1, 0.15) is 24.0 Å². The van der Waals surface area contributed by atoms with Crippen molar-refractivity contribution >= 4 is 11.0 Å². The number of rotatable bonds is 7. The van der Waals surface area contributed by atoms with Crippen LogP contribution in [0, 0.1) is 6.07 Å². The van der Waals surface area contributed by atoms with Gasteiger partial charge in [0.05, 0.1) is 22.3 Å². The van der Waals surface area contributed by atoms with Crippen LogP contribution in [0.2, 0.25) is 0 Å². The van der Waals surface area contributed by atoms with Crippen LogP contribution >= 0.6 is 0 Å². The van der Waals surface area contributed by atoms with Gasteiger partial charge in [0, 0.05) is 38.5 Å². The summed E-state index contributed by atoms with van der Waals surface area (Å²) in [6.07, 6.45) is 5.94. The third-order valence-corrected chi connectivity index (χ3v) is 11.1. The number of aryl methyl sites for hydroxylation is 1. The van der Waals surface area contributed by atoms with Gasteiger partial charge in [0.15, 0.2) is 0 Å². The van der Waals surface area contributed by atoms with Crippen molar-refractivity contribution in [2.75, 3.05) is 0 Å². The number of hydrogen-bond donors (Lipinski definition) is 1. The Hall–Kier alpha value is -6.35. The fourth-order valence-corrected chi connectivity index (χ4v) is 8.30. The number of hydrogen-bond acceptors (Lipinski definition) is 3. The van der Waals surface area contributed by atoms with Gasteiger partial charge in [-0.25, -0.2) is 4.98 Å². The summed E-state index contributed by atoms with van der Waals surface area (Å²) in [5.41, 5.74) is 16.0. The van der Waals surface area contributed by atoms with Gasteiger partial charge in [-0.3, -0.25) is 9.55 Å². The first-order valence-electron chi connectivity index (χ1n) is 19.3. The van der Waals surface area contributed by atoms with E-state index in [9.17, 15) is 5.11 Å². The van der Waals surface area contributed by atoms with Crippen molar-refractivity contribution in [1.29, 1.82) is 0 Å². The number of fused-ring (bicyclic) bond motifs is 2. The molecule has 278 valence electrons. The van der Waals surface area contributed by atoms with Crippen molar-refractivity contribution in [2.45, 2.75) is 25.7 Å². The Morgan fingerprint density at radius 1 is 0.526 bits per heavy atom. The molecule has 1 N–H and O–H groups in total. The van der Waals surface area contributed by atoms with E-state index in [1.54, 1.807) is 0 Å². The zero-order chi connectivity index (χ0) is 37.4. The molecule has 2 heterocycles. The SMILES string of the molecule is Oc1c(-c2nc3c(-c4[c-]c(-c5cc(-c6ccccc6)ccn5)cc(-c5ccccc5)c4)cccc3n2-c2ccccc2-c2ccccc2)ccc2c1CCCC2.[Pt]. The first kappa shape index (κ1) is 36.3. The fraction of sp³-hybridized carbons (Fsp3) is 0.0769. The topological polar surface area (TPSA) is 50.9 Å². The molecule has 0 atom stereocenters. The number of para-hydroxylation sites is 2. The van der Waals surface area contributed by atoms with Crippen molar-refractivity contribution in [3.63, 3.8) is 0 Å². The second-order valence-corrected chi connectivity index (χ2v) is 14.5. The summed E-state index contributed by atoms with van der Waals surface area (Å²) in [5, 5.41) is 12.0. The predicted molar refractivity (Wildman–Crippen MR) is 229 cm³/mol. The average molecular weight is 916 g/mol. The molecule has 5 heteroatoms. The number of nitrogens with zero attached hydrogens (tertiary/aromatic N) is 3. The first-order valence-corrected chi connectivity index (χ1v) is 19.3. The summed E-state index contributed by atoms with van der Waals surface area (Å²) in [6.45, 7) is 0. The van der Waals surface area contributed by atoms with Crippen LogP contribution in [0.15, 0.2) is 176 Å². The van der Waals surface area contributed by atoms with E-state index < -0.39 is 0 Å². The van der Waals surface area contributed by atoms with E-state index >= 15 is 0 Å². The number of pyridine rings is 1. The minimum absolute atomic E-state index is 0. The van der Waals surface area contributed by atoms with Crippen LogP contribution in [0.4, 0.5) is 0 Å². The maximum Gasteiger partial charge on any atom is 0.148 e. The van der Waals surface area contributed by atoms with Crippen LogP contribution in [0.25, 0.3) is 83.9 Å². The maximum atomic E-state index is 12.0. The largest absolute Gasteiger partial charge is 0.507 e. The predicted octanol–water partition coefficient (Wildman–Crippen LogP) is 12.8. The summed E-state index contributed by atoms with van der Waals surface area (Å²) < 4.78 is 2.23. The number of benzene rings is 7. The van der Waals surface area contributed by atoms with Gasteiger partial charge in [0.25, 0.3) is 0 Å². The smallest absolute Gasteiger partial charge is 0.148 e.